The van der Waals surface area contributed by atoms with Crippen molar-refractivity contribution in [3.05, 3.63) is 78.0 Å². The zero-order valence-electron chi connectivity index (χ0n) is 12.3. The summed E-state index contributed by atoms with van der Waals surface area (Å²) in [7, 11) is 0. The van der Waals surface area contributed by atoms with Gasteiger partial charge in [-0.05, 0) is 23.6 Å². The number of nitrogens with zero attached hydrogens (tertiary/aromatic N) is 1. The first-order valence-corrected chi connectivity index (χ1v) is 7.46. The van der Waals surface area contributed by atoms with Crippen LogP contribution in [0.15, 0.2) is 66.9 Å². The minimum Gasteiger partial charge on any atom is -0.355 e. The van der Waals surface area contributed by atoms with Crippen molar-refractivity contribution in [2.45, 2.75) is 12.8 Å². The number of fused-ring (bicyclic) bond motifs is 1. The molecule has 3 nitrogen and oxygen atoms in total. The maximum Gasteiger partial charge on any atom is 0.224 e. The normalized spacial score (nSPS) is 10.5. The number of amides is 1. The Morgan fingerprint density at radius 2 is 1.77 bits per heavy atom. The van der Waals surface area contributed by atoms with Gasteiger partial charge in [0.2, 0.25) is 5.91 Å². The molecule has 0 bridgehead atoms. The van der Waals surface area contributed by atoms with E-state index < -0.39 is 0 Å². The summed E-state index contributed by atoms with van der Waals surface area (Å²) in [6, 6.07) is 20.0. The maximum absolute atomic E-state index is 12.1. The van der Waals surface area contributed by atoms with E-state index in [1.54, 1.807) is 6.20 Å². The summed E-state index contributed by atoms with van der Waals surface area (Å²) in [5.74, 6) is 0.0362. The molecule has 0 atom stereocenters. The molecule has 1 amide bonds. The molecular weight excluding hydrogens is 272 g/mol. The Morgan fingerprint density at radius 3 is 2.64 bits per heavy atom. The molecule has 0 spiro atoms. The molecule has 1 aromatic heterocycles. The van der Waals surface area contributed by atoms with Crippen molar-refractivity contribution in [3.8, 4) is 0 Å². The van der Waals surface area contributed by atoms with Crippen molar-refractivity contribution >= 4 is 16.8 Å². The van der Waals surface area contributed by atoms with E-state index in [9.17, 15) is 4.79 Å². The zero-order chi connectivity index (χ0) is 15.2. The van der Waals surface area contributed by atoms with E-state index in [1.807, 2.05) is 48.5 Å². The topological polar surface area (TPSA) is 42.0 Å². The van der Waals surface area contributed by atoms with Crippen LogP contribution in [0.1, 0.15) is 11.1 Å². The molecule has 22 heavy (non-hydrogen) atoms. The smallest absolute Gasteiger partial charge is 0.224 e. The Balaban J connectivity index is 1.59. The highest BCUT2D eigenvalue weighted by Gasteiger charge is 2.07. The number of aromatic nitrogens is 1. The second kappa shape index (κ2) is 6.85. The summed E-state index contributed by atoms with van der Waals surface area (Å²) in [5.41, 5.74) is 3.10. The summed E-state index contributed by atoms with van der Waals surface area (Å²) >= 11 is 0. The molecule has 3 aromatic rings. The lowest BCUT2D eigenvalue weighted by Gasteiger charge is -2.07. The van der Waals surface area contributed by atoms with Gasteiger partial charge in [0.15, 0.2) is 0 Å². The Morgan fingerprint density at radius 1 is 0.955 bits per heavy atom. The highest BCUT2D eigenvalue weighted by atomic mass is 16.1. The van der Waals surface area contributed by atoms with Crippen molar-refractivity contribution in [1.29, 1.82) is 0 Å². The summed E-state index contributed by atoms with van der Waals surface area (Å²) in [4.78, 5) is 16.5. The van der Waals surface area contributed by atoms with Gasteiger partial charge in [-0.25, -0.2) is 0 Å². The molecule has 0 aliphatic carbocycles. The third kappa shape index (κ3) is 3.50. The number of rotatable bonds is 5. The second-order valence-electron chi connectivity index (χ2n) is 5.25. The van der Waals surface area contributed by atoms with Gasteiger partial charge < -0.3 is 5.32 Å². The van der Waals surface area contributed by atoms with Crippen molar-refractivity contribution in [1.82, 2.24) is 10.3 Å². The number of para-hydroxylation sites is 1. The van der Waals surface area contributed by atoms with Crippen LogP contribution in [0.3, 0.4) is 0 Å². The van der Waals surface area contributed by atoms with Gasteiger partial charge in [0.05, 0.1) is 11.9 Å². The van der Waals surface area contributed by atoms with Gasteiger partial charge in [-0.2, -0.15) is 0 Å². The number of hydrogen-bond donors (Lipinski definition) is 1. The fourth-order valence-electron chi connectivity index (χ4n) is 2.54. The van der Waals surface area contributed by atoms with Gasteiger partial charge in [-0.1, -0.05) is 54.6 Å². The number of carbonyl (C=O) groups is 1. The molecule has 0 aliphatic rings. The zero-order valence-corrected chi connectivity index (χ0v) is 12.3. The van der Waals surface area contributed by atoms with Crippen molar-refractivity contribution < 1.29 is 4.79 Å². The Bertz CT molecular complexity index is 763. The molecule has 0 unspecified atom stereocenters. The number of carbonyl (C=O) groups excluding carboxylic acids is 1. The van der Waals surface area contributed by atoms with Crippen LogP contribution in [0.2, 0.25) is 0 Å². The summed E-state index contributed by atoms with van der Waals surface area (Å²) < 4.78 is 0. The highest BCUT2D eigenvalue weighted by molar-refractivity contribution is 5.87. The fourth-order valence-corrected chi connectivity index (χ4v) is 2.54. The molecule has 0 saturated heterocycles. The van der Waals surface area contributed by atoms with Crippen LogP contribution in [0.5, 0.6) is 0 Å². The van der Waals surface area contributed by atoms with Crippen LogP contribution in [0.4, 0.5) is 0 Å². The Kier molecular flexibility index (Phi) is 4.44. The number of hydrogen-bond acceptors (Lipinski definition) is 2. The Hall–Kier alpha value is -2.68. The van der Waals surface area contributed by atoms with E-state index in [0.717, 1.165) is 22.9 Å². The van der Waals surface area contributed by atoms with Gasteiger partial charge in [-0.3, -0.25) is 9.78 Å². The van der Waals surface area contributed by atoms with Crippen LogP contribution >= 0.6 is 0 Å². The third-order valence-corrected chi connectivity index (χ3v) is 3.65. The first-order chi connectivity index (χ1) is 10.8. The van der Waals surface area contributed by atoms with Gasteiger partial charge in [-0.15, -0.1) is 0 Å². The summed E-state index contributed by atoms with van der Waals surface area (Å²) in [6.07, 6.45) is 2.97. The van der Waals surface area contributed by atoms with Gasteiger partial charge in [0, 0.05) is 18.1 Å². The molecule has 3 rings (SSSR count). The van der Waals surface area contributed by atoms with Crippen molar-refractivity contribution in [2.24, 2.45) is 0 Å². The first-order valence-electron chi connectivity index (χ1n) is 7.46. The van der Waals surface area contributed by atoms with E-state index in [2.05, 4.69) is 22.4 Å². The fraction of sp³-hybridized carbons (Fsp3) is 0.158. The molecule has 0 aliphatic heterocycles. The number of nitrogens with one attached hydrogen (secondary N) is 1. The molecule has 0 radical (unpaired) electrons. The molecule has 2 aromatic carbocycles. The summed E-state index contributed by atoms with van der Waals surface area (Å²) in [5, 5.41) is 4.04. The second-order valence-corrected chi connectivity index (χ2v) is 5.25. The first kappa shape index (κ1) is 14.3. The van der Waals surface area contributed by atoms with Crippen LogP contribution in [0, 0.1) is 0 Å². The van der Waals surface area contributed by atoms with E-state index in [4.69, 9.17) is 0 Å². The molecule has 110 valence electrons. The predicted octanol–water partition coefficient (Wildman–Crippen LogP) is 3.14. The Labute approximate surface area is 130 Å². The van der Waals surface area contributed by atoms with Crippen LogP contribution < -0.4 is 5.32 Å². The minimum atomic E-state index is 0.0362. The molecular formula is C19H18N2O. The SMILES string of the molecule is O=C(Cc1cccc2cccnc12)NCCc1ccccc1. The molecule has 0 saturated carbocycles. The number of pyridine rings is 1. The lowest BCUT2D eigenvalue weighted by atomic mass is 10.1. The van der Waals surface area contributed by atoms with Crippen LogP contribution in [-0.4, -0.2) is 17.4 Å². The monoisotopic (exact) mass is 290 g/mol. The molecule has 1 heterocycles. The maximum atomic E-state index is 12.1. The van der Waals surface area contributed by atoms with E-state index in [-0.39, 0.29) is 5.91 Å². The molecule has 3 heteroatoms. The lowest BCUT2D eigenvalue weighted by molar-refractivity contribution is -0.120. The van der Waals surface area contributed by atoms with Crippen LogP contribution in [0.25, 0.3) is 10.9 Å². The standard InChI is InChI=1S/C19H18N2O/c22-18(20-13-11-15-6-2-1-3-7-15)14-17-9-4-8-16-10-5-12-21-19(16)17/h1-10,12H,11,13-14H2,(H,20,22). The quantitative estimate of drug-likeness (QED) is 0.784. The average molecular weight is 290 g/mol. The van der Waals surface area contributed by atoms with E-state index in [1.165, 1.54) is 5.56 Å². The number of benzene rings is 2. The van der Waals surface area contributed by atoms with Crippen LogP contribution in [-0.2, 0) is 17.6 Å². The van der Waals surface area contributed by atoms with Crippen molar-refractivity contribution in [2.75, 3.05) is 6.54 Å². The third-order valence-electron chi connectivity index (χ3n) is 3.65. The van der Waals surface area contributed by atoms with Gasteiger partial charge in [0.1, 0.15) is 0 Å². The van der Waals surface area contributed by atoms with Gasteiger partial charge in [0.25, 0.3) is 0 Å². The van der Waals surface area contributed by atoms with Crippen molar-refractivity contribution in [3.63, 3.8) is 0 Å². The minimum absolute atomic E-state index is 0.0362. The molecule has 0 fully saturated rings. The average Bonchev–Trinajstić information content (AvgIpc) is 2.56. The predicted molar refractivity (Wildman–Crippen MR) is 88.6 cm³/mol. The highest BCUT2D eigenvalue weighted by Crippen LogP contribution is 2.16. The van der Waals surface area contributed by atoms with E-state index >= 15 is 0 Å². The molecule has 1 N–H and O–H groups in total. The van der Waals surface area contributed by atoms with E-state index in [0.29, 0.717) is 13.0 Å². The lowest BCUT2D eigenvalue weighted by Crippen LogP contribution is -2.27. The van der Waals surface area contributed by atoms with Gasteiger partial charge >= 0.3 is 0 Å². The largest absolute Gasteiger partial charge is 0.355 e. The summed E-state index contributed by atoms with van der Waals surface area (Å²) in [6.45, 7) is 0.654.